The van der Waals surface area contributed by atoms with Crippen molar-refractivity contribution >= 4 is 11.9 Å². The number of carboxylic acids is 1. The molecule has 6 nitrogen and oxygen atoms in total. The topological polar surface area (TPSA) is 92.4 Å². The first-order chi connectivity index (χ1) is 7.32. The first-order valence-corrected chi connectivity index (χ1v) is 4.76. The molecule has 16 heavy (non-hydrogen) atoms. The molecule has 1 rings (SSSR count). The fourth-order valence-electron chi connectivity index (χ4n) is 1.18. The Balaban J connectivity index is 2.78. The quantitative estimate of drug-likeness (QED) is 0.798. The molecule has 6 heteroatoms. The highest BCUT2D eigenvalue weighted by atomic mass is 16.5. The van der Waals surface area contributed by atoms with Gasteiger partial charge in [-0.3, -0.25) is 4.79 Å². The Morgan fingerprint density at radius 2 is 2.12 bits per heavy atom. The van der Waals surface area contributed by atoms with Crippen LogP contribution in [0, 0.1) is 5.41 Å². The summed E-state index contributed by atoms with van der Waals surface area (Å²) in [7, 11) is 0. The summed E-state index contributed by atoms with van der Waals surface area (Å²) >= 11 is 0. The minimum atomic E-state index is -1.08. The predicted octanol–water partition coefficient (Wildman–Crippen LogP) is 0.904. The number of hydrogen-bond donors (Lipinski definition) is 2. The molecule has 1 aromatic heterocycles. The van der Waals surface area contributed by atoms with Crippen molar-refractivity contribution in [2.75, 3.05) is 0 Å². The lowest BCUT2D eigenvalue weighted by atomic mass is 9.86. The Bertz CT molecular complexity index is 378. The van der Waals surface area contributed by atoms with Gasteiger partial charge in [0, 0.05) is 6.07 Å². The van der Waals surface area contributed by atoms with Crippen LogP contribution in [0.3, 0.4) is 0 Å². The maximum absolute atomic E-state index is 11.6. The van der Waals surface area contributed by atoms with Crippen molar-refractivity contribution < 1.29 is 19.2 Å². The third-order valence-electron chi connectivity index (χ3n) is 2.06. The fourth-order valence-corrected chi connectivity index (χ4v) is 1.18. The van der Waals surface area contributed by atoms with Gasteiger partial charge in [0.1, 0.15) is 12.3 Å². The molecular weight excluding hydrogens is 212 g/mol. The van der Waals surface area contributed by atoms with Crippen LogP contribution in [0.2, 0.25) is 0 Å². The molecule has 1 aromatic rings. The van der Waals surface area contributed by atoms with Crippen LogP contribution in [-0.4, -0.2) is 28.2 Å². The van der Waals surface area contributed by atoms with Gasteiger partial charge in [0.05, 0.1) is 0 Å². The predicted molar refractivity (Wildman–Crippen MR) is 54.8 cm³/mol. The third kappa shape index (κ3) is 2.82. The Morgan fingerprint density at radius 1 is 1.50 bits per heavy atom. The van der Waals surface area contributed by atoms with Crippen LogP contribution in [0.4, 0.5) is 0 Å². The molecule has 0 bridgehead atoms. The number of aliphatic carboxylic acids is 1. The number of hydrogen-bond acceptors (Lipinski definition) is 4. The van der Waals surface area contributed by atoms with Gasteiger partial charge in [0.2, 0.25) is 0 Å². The van der Waals surface area contributed by atoms with Gasteiger partial charge in [-0.1, -0.05) is 25.9 Å². The van der Waals surface area contributed by atoms with Gasteiger partial charge in [-0.2, -0.15) is 0 Å². The van der Waals surface area contributed by atoms with E-state index in [1.165, 1.54) is 12.3 Å². The summed E-state index contributed by atoms with van der Waals surface area (Å²) < 4.78 is 4.51. The molecule has 0 unspecified atom stereocenters. The van der Waals surface area contributed by atoms with Gasteiger partial charge >= 0.3 is 5.97 Å². The maximum atomic E-state index is 11.6. The van der Waals surface area contributed by atoms with Crippen LogP contribution >= 0.6 is 0 Å². The minimum Gasteiger partial charge on any atom is -0.480 e. The monoisotopic (exact) mass is 226 g/mol. The first kappa shape index (κ1) is 12.2. The highest BCUT2D eigenvalue weighted by Crippen LogP contribution is 2.19. The highest BCUT2D eigenvalue weighted by Gasteiger charge is 2.33. The van der Waals surface area contributed by atoms with E-state index in [0.29, 0.717) is 0 Å². The standard InChI is InChI=1S/C10H14N2O4/c1-10(2,3)7(9(14)15)11-8(13)6-4-5-16-12-6/h4-5,7H,1-3H3,(H,11,13)(H,14,15)/t7-/m1/s1. The van der Waals surface area contributed by atoms with Gasteiger partial charge in [0.15, 0.2) is 5.69 Å². The number of carboxylic acid groups (broad SMARTS) is 1. The summed E-state index contributed by atoms with van der Waals surface area (Å²) in [5.74, 6) is -1.64. The second-order valence-corrected chi connectivity index (χ2v) is 4.50. The molecule has 1 heterocycles. The normalized spacial score (nSPS) is 13.2. The summed E-state index contributed by atoms with van der Waals surface area (Å²) in [5, 5.41) is 14.8. The lowest BCUT2D eigenvalue weighted by molar-refractivity contribution is -0.142. The zero-order chi connectivity index (χ0) is 12.3. The van der Waals surface area contributed by atoms with Crippen LogP contribution in [0.1, 0.15) is 31.3 Å². The molecule has 88 valence electrons. The largest absolute Gasteiger partial charge is 0.480 e. The Labute approximate surface area is 92.6 Å². The highest BCUT2D eigenvalue weighted by molar-refractivity contribution is 5.94. The molecule has 1 atom stereocenters. The molecule has 0 fully saturated rings. The number of carbonyl (C=O) groups excluding carboxylic acids is 1. The molecule has 0 aliphatic rings. The van der Waals surface area contributed by atoms with Gasteiger partial charge in [-0.05, 0) is 5.41 Å². The summed E-state index contributed by atoms with van der Waals surface area (Å²) in [5.41, 5.74) is -0.513. The van der Waals surface area contributed by atoms with Gasteiger partial charge in [-0.25, -0.2) is 4.79 Å². The first-order valence-electron chi connectivity index (χ1n) is 4.76. The number of rotatable bonds is 3. The number of nitrogens with one attached hydrogen (secondary N) is 1. The number of nitrogens with zero attached hydrogens (tertiary/aromatic N) is 1. The molecule has 2 N–H and O–H groups in total. The van der Waals surface area contributed by atoms with E-state index in [1.54, 1.807) is 20.8 Å². The van der Waals surface area contributed by atoms with Crippen LogP contribution in [0.25, 0.3) is 0 Å². The third-order valence-corrected chi connectivity index (χ3v) is 2.06. The summed E-state index contributed by atoms with van der Waals surface area (Å²) in [6.45, 7) is 5.19. The fraction of sp³-hybridized carbons (Fsp3) is 0.500. The van der Waals surface area contributed by atoms with Crippen molar-refractivity contribution in [3.05, 3.63) is 18.0 Å². The van der Waals surface area contributed by atoms with Gasteiger partial charge < -0.3 is 14.9 Å². The average molecular weight is 226 g/mol. The number of amides is 1. The Morgan fingerprint density at radius 3 is 2.50 bits per heavy atom. The van der Waals surface area contributed by atoms with Crippen LogP contribution in [0.15, 0.2) is 16.9 Å². The van der Waals surface area contributed by atoms with Gasteiger partial charge in [0.25, 0.3) is 5.91 Å². The van der Waals surface area contributed by atoms with Crippen LogP contribution < -0.4 is 5.32 Å². The van der Waals surface area contributed by atoms with Crippen molar-refractivity contribution in [2.45, 2.75) is 26.8 Å². The summed E-state index contributed by atoms with van der Waals surface area (Å²) in [6, 6.07) is 0.397. The zero-order valence-corrected chi connectivity index (χ0v) is 9.35. The zero-order valence-electron chi connectivity index (χ0n) is 9.35. The van der Waals surface area contributed by atoms with E-state index in [9.17, 15) is 9.59 Å². The lowest BCUT2D eigenvalue weighted by Gasteiger charge is -2.27. The van der Waals surface area contributed by atoms with E-state index in [2.05, 4.69) is 15.0 Å². The average Bonchev–Trinajstić information content (AvgIpc) is 2.63. The second kappa shape index (κ2) is 4.34. The molecule has 0 spiro atoms. The Kier molecular flexibility index (Phi) is 3.31. The molecule has 1 amide bonds. The van der Waals surface area contributed by atoms with E-state index >= 15 is 0 Å². The van der Waals surface area contributed by atoms with Crippen molar-refractivity contribution in [1.82, 2.24) is 10.5 Å². The lowest BCUT2D eigenvalue weighted by Crippen LogP contribution is -2.49. The summed E-state index contributed by atoms with van der Waals surface area (Å²) in [4.78, 5) is 22.6. The SMILES string of the molecule is CC(C)(C)[C@H](NC(=O)c1ccon1)C(=O)O. The summed E-state index contributed by atoms with van der Waals surface area (Å²) in [6.07, 6.45) is 1.25. The van der Waals surface area contributed by atoms with E-state index in [1.807, 2.05) is 0 Å². The molecule has 0 radical (unpaired) electrons. The van der Waals surface area contributed by atoms with E-state index in [0.717, 1.165) is 0 Å². The number of carbonyl (C=O) groups is 2. The van der Waals surface area contributed by atoms with Crippen molar-refractivity contribution in [2.24, 2.45) is 5.41 Å². The molecule has 0 aliphatic heterocycles. The molecular formula is C10H14N2O4. The maximum Gasteiger partial charge on any atom is 0.326 e. The molecule has 0 saturated carbocycles. The second-order valence-electron chi connectivity index (χ2n) is 4.50. The molecule has 0 aliphatic carbocycles. The molecule has 0 aromatic carbocycles. The minimum absolute atomic E-state index is 0.0653. The van der Waals surface area contributed by atoms with Crippen molar-refractivity contribution in [3.63, 3.8) is 0 Å². The van der Waals surface area contributed by atoms with Crippen LogP contribution in [-0.2, 0) is 4.79 Å². The van der Waals surface area contributed by atoms with Crippen molar-refractivity contribution in [3.8, 4) is 0 Å². The van der Waals surface area contributed by atoms with E-state index in [4.69, 9.17) is 5.11 Å². The Hall–Kier alpha value is -1.85. The molecule has 0 saturated heterocycles. The number of aromatic nitrogens is 1. The van der Waals surface area contributed by atoms with Crippen LogP contribution in [0.5, 0.6) is 0 Å². The smallest absolute Gasteiger partial charge is 0.326 e. The van der Waals surface area contributed by atoms with E-state index in [-0.39, 0.29) is 5.69 Å². The van der Waals surface area contributed by atoms with Crippen molar-refractivity contribution in [1.29, 1.82) is 0 Å². The van der Waals surface area contributed by atoms with Gasteiger partial charge in [-0.15, -0.1) is 0 Å². The van der Waals surface area contributed by atoms with E-state index < -0.39 is 23.3 Å².